The number of ether oxygens (including phenoxy) is 2. The van der Waals surface area contributed by atoms with Crippen molar-refractivity contribution in [2.45, 2.75) is 91.1 Å². The summed E-state index contributed by atoms with van der Waals surface area (Å²) in [4.78, 5) is 39.3. The maximum Gasteiger partial charge on any atom is 0.183 e. The number of unbranched alkanes of at least 4 members (excludes halogenated alkanes) is 6. The lowest BCUT2D eigenvalue weighted by Crippen LogP contribution is -2.33. The number of methoxy groups -OCH3 is 2. The van der Waals surface area contributed by atoms with Gasteiger partial charge in [0.05, 0.1) is 38.5 Å². The number of hydrogen-bond donors (Lipinski definition) is 0. The first kappa shape index (κ1) is 37.1. The first-order valence-electron chi connectivity index (χ1n) is 17.3. The maximum atomic E-state index is 12.7. The normalized spacial score (nSPS) is 15.4. The second-order valence-electron chi connectivity index (χ2n) is 12.1. The molecule has 0 amide bonds. The molecule has 0 atom stereocenters. The van der Waals surface area contributed by atoms with Crippen molar-refractivity contribution in [1.82, 2.24) is 9.80 Å². The van der Waals surface area contributed by atoms with Gasteiger partial charge in [0, 0.05) is 26.2 Å². The monoisotopic (exact) mass is 632 g/mol. The Labute approximate surface area is 277 Å². The van der Waals surface area contributed by atoms with Gasteiger partial charge in [-0.25, -0.2) is 0 Å². The van der Waals surface area contributed by atoms with E-state index in [1.54, 1.807) is 14.2 Å². The zero-order chi connectivity index (χ0) is 33.0. The molecule has 2 aromatic carbocycles. The Kier molecular flexibility index (Phi) is 17.3. The van der Waals surface area contributed by atoms with Gasteiger partial charge in [-0.2, -0.15) is 0 Å². The van der Waals surface area contributed by atoms with Gasteiger partial charge in [0.1, 0.15) is 11.5 Å². The molecule has 252 valence electrons. The first-order valence-corrected chi connectivity index (χ1v) is 17.3. The summed E-state index contributed by atoms with van der Waals surface area (Å²) in [5, 5.41) is 0. The van der Waals surface area contributed by atoms with Crippen LogP contribution in [0.3, 0.4) is 0 Å². The third-order valence-electron chi connectivity index (χ3n) is 8.69. The molecule has 3 rings (SSSR count). The number of carbonyl (C=O) groups is 2. The summed E-state index contributed by atoms with van der Waals surface area (Å²) in [6.07, 6.45) is 8.78. The quantitative estimate of drug-likeness (QED) is 0.130. The van der Waals surface area contributed by atoms with Crippen LogP contribution in [0.4, 0.5) is 0 Å². The van der Waals surface area contributed by atoms with Crippen LogP contribution in [0.15, 0.2) is 58.5 Å². The van der Waals surface area contributed by atoms with Crippen molar-refractivity contribution in [3.05, 3.63) is 59.7 Å². The lowest BCUT2D eigenvalue weighted by molar-refractivity contribution is -0.116. The summed E-state index contributed by atoms with van der Waals surface area (Å²) in [7, 11) is 3.38. The van der Waals surface area contributed by atoms with Crippen molar-refractivity contribution >= 4 is 23.0 Å². The van der Waals surface area contributed by atoms with E-state index in [9.17, 15) is 9.59 Å². The van der Waals surface area contributed by atoms with E-state index < -0.39 is 0 Å². The molecule has 0 bridgehead atoms. The van der Waals surface area contributed by atoms with Gasteiger partial charge < -0.3 is 9.47 Å². The predicted octanol–water partition coefficient (Wildman–Crippen LogP) is 6.98. The van der Waals surface area contributed by atoms with Gasteiger partial charge in [0.15, 0.2) is 11.6 Å². The van der Waals surface area contributed by atoms with Crippen molar-refractivity contribution in [1.29, 1.82) is 0 Å². The smallest absolute Gasteiger partial charge is 0.183 e. The molecule has 2 aromatic rings. The van der Waals surface area contributed by atoms with E-state index in [0.717, 1.165) is 102 Å². The van der Waals surface area contributed by atoms with Crippen molar-refractivity contribution in [2.75, 3.05) is 53.5 Å². The van der Waals surface area contributed by atoms with E-state index in [-0.39, 0.29) is 24.4 Å². The molecule has 1 aliphatic rings. The average molecular weight is 633 g/mol. The standard InChI is InChI=1S/C38H56N4O4/c1-5-41(29-31-15-19-33(45-3)20-16-31)25-13-9-7-11-23-39-35-27-38(44)36(28-37(35)43)40-24-12-8-10-14-26-42(6-2)30-32-17-21-34(46-4)22-18-32/h15-22H,5-14,23-30H2,1-4H3. The molecule has 0 spiro atoms. The predicted molar refractivity (Wildman–Crippen MR) is 189 cm³/mol. The summed E-state index contributed by atoms with van der Waals surface area (Å²) < 4.78 is 10.5. The van der Waals surface area contributed by atoms with E-state index in [0.29, 0.717) is 24.5 Å². The van der Waals surface area contributed by atoms with Crippen LogP contribution in [0.25, 0.3) is 0 Å². The van der Waals surface area contributed by atoms with E-state index in [1.165, 1.54) is 11.1 Å². The molecule has 46 heavy (non-hydrogen) atoms. The first-order chi connectivity index (χ1) is 22.4. The summed E-state index contributed by atoms with van der Waals surface area (Å²) in [5.74, 6) is 1.70. The molecule has 0 aromatic heterocycles. The van der Waals surface area contributed by atoms with Crippen LogP contribution in [-0.4, -0.2) is 86.3 Å². The van der Waals surface area contributed by atoms with Gasteiger partial charge in [-0.05, 0) is 87.3 Å². The molecule has 8 heteroatoms. The highest BCUT2D eigenvalue weighted by atomic mass is 16.5. The SMILES string of the molecule is CCN(CCCCCCN=C1CC(=O)C(=NCCCCCCN(CC)Cc2ccc(OC)cc2)CC1=O)Cc1ccc(OC)cc1. The number of carbonyl (C=O) groups excluding carboxylic acids is 2. The third kappa shape index (κ3) is 13.6. The number of aliphatic imine (C=N–C) groups is 2. The highest BCUT2D eigenvalue weighted by molar-refractivity contribution is 6.60. The second kappa shape index (κ2) is 21.4. The van der Waals surface area contributed by atoms with Crippen molar-refractivity contribution in [3.63, 3.8) is 0 Å². The van der Waals surface area contributed by atoms with E-state index in [1.807, 2.05) is 24.3 Å². The minimum Gasteiger partial charge on any atom is -0.497 e. The molecule has 0 saturated heterocycles. The van der Waals surface area contributed by atoms with Crippen LogP contribution in [0, 0.1) is 0 Å². The molecule has 1 saturated carbocycles. The number of Topliss-reactive ketones (excluding diaryl/α,β-unsaturated/α-hetero) is 2. The molecule has 1 aliphatic carbocycles. The zero-order valence-corrected chi connectivity index (χ0v) is 28.8. The fraction of sp³-hybridized carbons (Fsp3) is 0.579. The summed E-state index contributed by atoms with van der Waals surface area (Å²) in [5.41, 5.74) is 3.47. The molecule has 0 unspecified atom stereocenters. The number of benzene rings is 2. The fourth-order valence-corrected chi connectivity index (χ4v) is 5.70. The summed E-state index contributed by atoms with van der Waals surface area (Å²) >= 11 is 0. The van der Waals surface area contributed by atoms with Gasteiger partial charge in [0.25, 0.3) is 0 Å². The molecule has 0 radical (unpaired) electrons. The third-order valence-corrected chi connectivity index (χ3v) is 8.69. The summed E-state index contributed by atoms with van der Waals surface area (Å²) in [6, 6.07) is 16.6. The van der Waals surface area contributed by atoms with Gasteiger partial charge in [-0.15, -0.1) is 0 Å². The number of rotatable bonds is 22. The maximum absolute atomic E-state index is 12.7. The number of hydrogen-bond acceptors (Lipinski definition) is 8. The highest BCUT2D eigenvalue weighted by Gasteiger charge is 2.28. The van der Waals surface area contributed by atoms with Crippen LogP contribution in [0.5, 0.6) is 11.5 Å². The van der Waals surface area contributed by atoms with Crippen molar-refractivity contribution in [3.8, 4) is 11.5 Å². The lowest BCUT2D eigenvalue weighted by atomic mass is 9.93. The van der Waals surface area contributed by atoms with Gasteiger partial charge >= 0.3 is 0 Å². The average Bonchev–Trinajstić information content (AvgIpc) is 3.08. The molecular formula is C38H56N4O4. The molecule has 1 fully saturated rings. The zero-order valence-electron chi connectivity index (χ0n) is 28.8. The van der Waals surface area contributed by atoms with Crippen LogP contribution < -0.4 is 9.47 Å². The van der Waals surface area contributed by atoms with Crippen molar-refractivity contribution < 1.29 is 19.1 Å². The van der Waals surface area contributed by atoms with E-state index >= 15 is 0 Å². The Bertz CT molecular complexity index is 1140. The van der Waals surface area contributed by atoms with Gasteiger partial charge in [0.2, 0.25) is 0 Å². The van der Waals surface area contributed by atoms with Crippen molar-refractivity contribution in [2.24, 2.45) is 9.98 Å². The van der Waals surface area contributed by atoms with Crippen LogP contribution in [-0.2, 0) is 22.7 Å². The Morgan fingerprint density at radius 1 is 0.565 bits per heavy atom. The minimum atomic E-state index is -0.0352. The number of ketones is 2. The summed E-state index contributed by atoms with van der Waals surface area (Å²) in [6.45, 7) is 11.7. The Morgan fingerprint density at radius 3 is 1.28 bits per heavy atom. The Morgan fingerprint density at radius 2 is 0.935 bits per heavy atom. The van der Waals surface area contributed by atoms with Gasteiger partial charge in [-0.3, -0.25) is 29.4 Å². The van der Waals surface area contributed by atoms with E-state index in [2.05, 4.69) is 57.9 Å². The highest BCUT2D eigenvalue weighted by Crippen LogP contribution is 2.16. The molecular weight excluding hydrogens is 576 g/mol. The molecule has 8 nitrogen and oxygen atoms in total. The lowest BCUT2D eigenvalue weighted by Gasteiger charge is -2.20. The molecule has 0 heterocycles. The minimum absolute atomic E-state index is 0.0352. The van der Waals surface area contributed by atoms with E-state index in [4.69, 9.17) is 9.47 Å². The number of nitrogens with zero attached hydrogens (tertiary/aromatic N) is 4. The van der Waals surface area contributed by atoms with Crippen LogP contribution in [0.1, 0.15) is 89.2 Å². The van der Waals surface area contributed by atoms with Gasteiger partial charge in [-0.1, -0.05) is 63.8 Å². The second-order valence-corrected chi connectivity index (χ2v) is 12.1. The Balaban J connectivity index is 1.24. The van der Waals surface area contributed by atoms with Crippen LogP contribution in [0.2, 0.25) is 0 Å². The largest absolute Gasteiger partial charge is 0.497 e. The molecule has 0 aliphatic heterocycles. The molecule has 0 N–H and O–H groups in total. The van der Waals surface area contributed by atoms with Crippen LogP contribution >= 0.6 is 0 Å². The Hall–Kier alpha value is -3.36. The fourth-order valence-electron chi connectivity index (χ4n) is 5.70. The topological polar surface area (TPSA) is 83.8 Å².